The van der Waals surface area contributed by atoms with Gasteiger partial charge in [-0.25, -0.2) is 4.68 Å². The van der Waals surface area contributed by atoms with Gasteiger partial charge in [0.1, 0.15) is 16.8 Å². The van der Waals surface area contributed by atoms with Crippen LogP contribution in [0.1, 0.15) is 12.8 Å². The van der Waals surface area contributed by atoms with Crippen LogP contribution in [0.4, 0.5) is 13.2 Å². The normalized spacial score (nSPS) is 12.2. The zero-order valence-corrected chi connectivity index (χ0v) is 8.78. The predicted molar refractivity (Wildman–Crippen MR) is 54.5 cm³/mol. The Hall–Kier alpha value is -1.79. The van der Waals surface area contributed by atoms with Crippen molar-refractivity contribution in [2.45, 2.75) is 25.6 Å². The summed E-state index contributed by atoms with van der Waals surface area (Å²) in [6, 6.07) is 4.70. The molecule has 0 fully saturated rings. The summed E-state index contributed by atoms with van der Waals surface area (Å²) in [4.78, 5) is 0. The molecule has 1 N–H and O–H groups in total. The highest BCUT2D eigenvalue weighted by atomic mass is 19.4. The molecule has 0 aliphatic rings. The number of alkyl halides is 3. The Labute approximate surface area is 94.7 Å². The van der Waals surface area contributed by atoms with Crippen molar-refractivity contribution >= 4 is 11.0 Å². The fourth-order valence-corrected chi connectivity index (χ4v) is 1.60. The van der Waals surface area contributed by atoms with Crippen molar-refractivity contribution in [3.05, 3.63) is 18.2 Å². The minimum Gasteiger partial charge on any atom is -0.506 e. The number of halogens is 3. The molecule has 2 aromatic rings. The van der Waals surface area contributed by atoms with Crippen LogP contribution in [-0.4, -0.2) is 26.3 Å². The van der Waals surface area contributed by atoms with Gasteiger partial charge in [0.05, 0.1) is 0 Å². The third-order valence-corrected chi connectivity index (χ3v) is 2.34. The second-order valence-electron chi connectivity index (χ2n) is 3.68. The first kappa shape index (κ1) is 11.7. The fourth-order valence-electron chi connectivity index (χ4n) is 1.60. The van der Waals surface area contributed by atoms with Crippen LogP contribution >= 0.6 is 0 Å². The summed E-state index contributed by atoms with van der Waals surface area (Å²) >= 11 is 0. The predicted octanol–water partition coefficient (Wildman–Crippen LogP) is 2.48. The van der Waals surface area contributed by atoms with Crippen LogP contribution in [0.3, 0.4) is 0 Å². The quantitative estimate of drug-likeness (QED) is 0.903. The topological polar surface area (TPSA) is 50.9 Å². The Kier molecular flexibility index (Phi) is 2.91. The van der Waals surface area contributed by atoms with E-state index in [-0.39, 0.29) is 18.7 Å². The molecule has 7 heteroatoms. The van der Waals surface area contributed by atoms with Crippen LogP contribution in [0, 0.1) is 0 Å². The Morgan fingerprint density at radius 1 is 1.29 bits per heavy atom. The highest BCUT2D eigenvalue weighted by molar-refractivity contribution is 5.80. The first-order valence-electron chi connectivity index (χ1n) is 5.05. The molecule has 0 saturated heterocycles. The van der Waals surface area contributed by atoms with E-state index in [2.05, 4.69) is 10.3 Å². The summed E-state index contributed by atoms with van der Waals surface area (Å²) in [6.07, 6.45) is -5.13. The minimum atomic E-state index is -4.17. The molecular formula is C10H10F3N3O. The van der Waals surface area contributed by atoms with Crippen LogP contribution in [0.25, 0.3) is 11.0 Å². The molecule has 0 radical (unpaired) electrons. The van der Waals surface area contributed by atoms with Gasteiger partial charge in [0.15, 0.2) is 0 Å². The Balaban J connectivity index is 2.14. The monoisotopic (exact) mass is 245 g/mol. The van der Waals surface area contributed by atoms with Crippen molar-refractivity contribution in [3.63, 3.8) is 0 Å². The van der Waals surface area contributed by atoms with E-state index in [1.165, 1.54) is 10.7 Å². The van der Waals surface area contributed by atoms with Gasteiger partial charge in [-0.1, -0.05) is 11.3 Å². The number of aromatic hydroxyl groups is 1. The van der Waals surface area contributed by atoms with Crippen LogP contribution in [0.5, 0.6) is 5.75 Å². The number of hydrogen-bond acceptors (Lipinski definition) is 3. The molecule has 0 aliphatic carbocycles. The summed E-state index contributed by atoms with van der Waals surface area (Å²) in [5.41, 5.74) is 0.840. The van der Waals surface area contributed by atoms with E-state index in [1.807, 2.05) is 0 Å². The van der Waals surface area contributed by atoms with Crippen LogP contribution < -0.4 is 0 Å². The highest BCUT2D eigenvalue weighted by Gasteiger charge is 2.26. The maximum absolute atomic E-state index is 12.0. The third-order valence-electron chi connectivity index (χ3n) is 2.34. The molecule has 1 aromatic heterocycles. The molecule has 0 unspecified atom stereocenters. The molecule has 1 heterocycles. The largest absolute Gasteiger partial charge is 0.506 e. The molecule has 0 spiro atoms. The number of fused-ring (bicyclic) bond motifs is 1. The zero-order chi connectivity index (χ0) is 12.5. The summed E-state index contributed by atoms with van der Waals surface area (Å²) in [7, 11) is 0. The van der Waals surface area contributed by atoms with Gasteiger partial charge in [0.2, 0.25) is 0 Å². The Morgan fingerprint density at radius 2 is 2.06 bits per heavy atom. The van der Waals surface area contributed by atoms with E-state index >= 15 is 0 Å². The van der Waals surface area contributed by atoms with Crippen molar-refractivity contribution < 1.29 is 18.3 Å². The van der Waals surface area contributed by atoms with Crippen molar-refractivity contribution in [1.29, 1.82) is 0 Å². The smallest absolute Gasteiger partial charge is 0.389 e. The molecule has 2 rings (SSSR count). The van der Waals surface area contributed by atoms with Gasteiger partial charge in [-0.2, -0.15) is 13.2 Å². The lowest BCUT2D eigenvalue weighted by atomic mass is 10.2. The third kappa shape index (κ3) is 2.66. The first-order chi connectivity index (χ1) is 7.97. The zero-order valence-electron chi connectivity index (χ0n) is 8.78. The number of rotatable bonds is 3. The standard InChI is InChI=1S/C10H10F3N3O/c11-10(12,13)5-2-6-16-9-7(14-15-16)3-1-4-8(9)17/h1,3-4,17H,2,5-6H2. The second kappa shape index (κ2) is 4.23. The number of aromatic nitrogens is 3. The maximum Gasteiger partial charge on any atom is 0.389 e. The van der Waals surface area contributed by atoms with Gasteiger partial charge in [0.25, 0.3) is 0 Å². The lowest BCUT2D eigenvalue weighted by molar-refractivity contribution is -0.135. The fraction of sp³-hybridized carbons (Fsp3) is 0.400. The lowest BCUT2D eigenvalue weighted by Crippen LogP contribution is -2.10. The molecule has 92 valence electrons. The lowest BCUT2D eigenvalue weighted by Gasteiger charge is -2.06. The van der Waals surface area contributed by atoms with E-state index in [0.29, 0.717) is 11.0 Å². The number of nitrogens with zero attached hydrogens (tertiary/aromatic N) is 3. The van der Waals surface area contributed by atoms with Gasteiger partial charge in [0, 0.05) is 13.0 Å². The first-order valence-corrected chi connectivity index (χ1v) is 5.05. The van der Waals surface area contributed by atoms with E-state index in [9.17, 15) is 18.3 Å². The van der Waals surface area contributed by atoms with E-state index in [4.69, 9.17) is 0 Å². The van der Waals surface area contributed by atoms with E-state index < -0.39 is 12.6 Å². The number of aryl methyl sites for hydroxylation is 1. The average molecular weight is 245 g/mol. The maximum atomic E-state index is 12.0. The summed E-state index contributed by atoms with van der Waals surface area (Å²) in [6.45, 7) is 0.0770. The summed E-state index contributed by atoms with van der Waals surface area (Å²) in [5, 5.41) is 17.1. The van der Waals surface area contributed by atoms with E-state index in [0.717, 1.165) is 0 Å². The number of benzene rings is 1. The molecule has 0 atom stereocenters. The van der Waals surface area contributed by atoms with Gasteiger partial charge in [-0.3, -0.25) is 0 Å². The Morgan fingerprint density at radius 3 is 2.76 bits per heavy atom. The molecule has 0 bridgehead atoms. The van der Waals surface area contributed by atoms with Crippen molar-refractivity contribution in [2.75, 3.05) is 0 Å². The number of phenolic OH excluding ortho intramolecular Hbond substituents is 1. The molecule has 1 aromatic carbocycles. The van der Waals surface area contributed by atoms with Gasteiger partial charge >= 0.3 is 6.18 Å². The van der Waals surface area contributed by atoms with Gasteiger partial charge in [-0.05, 0) is 18.6 Å². The number of phenols is 1. The van der Waals surface area contributed by atoms with Crippen molar-refractivity contribution in [2.24, 2.45) is 0 Å². The second-order valence-corrected chi connectivity index (χ2v) is 3.68. The molecular weight excluding hydrogens is 235 g/mol. The van der Waals surface area contributed by atoms with E-state index in [1.54, 1.807) is 12.1 Å². The van der Waals surface area contributed by atoms with Crippen molar-refractivity contribution in [1.82, 2.24) is 15.0 Å². The molecule has 17 heavy (non-hydrogen) atoms. The molecule has 4 nitrogen and oxygen atoms in total. The minimum absolute atomic E-state index is 0.0282. The average Bonchev–Trinajstić information content (AvgIpc) is 2.61. The van der Waals surface area contributed by atoms with Crippen LogP contribution in [0.15, 0.2) is 18.2 Å². The number of para-hydroxylation sites is 1. The molecule has 0 amide bonds. The van der Waals surface area contributed by atoms with Crippen LogP contribution in [-0.2, 0) is 6.54 Å². The molecule has 0 aliphatic heterocycles. The van der Waals surface area contributed by atoms with Crippen LogP contribution in [0.2, 0.25) is 0 Å². The van der Waals surface area contributed by atoms with Crippen molar-refractivity contribution in [3.8, 4) is 5.75 Å². The highest BCUT2D eigenvalue weighted by Crippen LogP contribution is 2.24. The molecule has 0 saturated carbocycles. The number of hydrogen-bond donors (Lipinski definition) is 1. The SMILES string of the molecule is Oc1cccc2nnn(CCCC(F)(F)F)c12. The van der Waals surface area contributed by atoms with Gasteiger partial charge < -0.3 is 5.11 Å². The summed E-state index contributed by atoms with van der Waals surface area (Å²) in [5.74, 6) is -0.0282. The summed E-state index contributed by atoms with van der Waals surface area (Å²) < 4.78 is 37.2. The Bertz CT molecular complexity index is 521. The van der Waals surface area contributed by atoms with Gasteiger partial charge in [-0.15, -0.1) is 5.10 Å².